The molecule has 1 atom stereocenters. The second-order valence-corrected chi connectivity index (χ2v) is 10.3. The predicted molar refractivity (Wildman–Crippen MR) is 135 cm³/mol. The van der Waals surface area contributed by atoms with Crippen LogP contribution in [0.3, 0.4) is 0 Å². The van der Waals surface area contributed by atoms with E-state index >= 15 is 0 Å². The number of likely N-dealkylation sites (N-methyl/N-ethyl adjacent to an activating group) is 1. The number of nitrogens with zero attached hydrogens (tertiary/aromatic N) is 5. The fourth-order valence-corrected chi connectivity index (χ4v) is 4.46. The summed E-state index contributed by atoms with van der Waals surface area (Å²) in [5.74, 6) is -7.11. The summed E-state index contributed by atoms with van der Waals surface area (Å²) in [4.78, 5) is 38.8. The quantitative estimate of drug-likeness (QED) is 0.407. The Kier molecular flexibility index (Phi) is 14.5. The number of rotatable bonds is 3. The number of carbonyl (C=O) groups is 3. The van der Waals surface area contributed by atoms with Gasteiger partial charge in [-0.2, -0.15) is 39.5 Å². The molecule has 0 aromatic carbocycles. The van der Waals surface area contributed by atoms with E-state index in [0.717, 1.165) is 32.1 Å². The van der Waals surface area contributed by atoms with Gasteiger partial charge in [-0.05, 0) is 26.3 Å². The van der Waals surface area contributed by atoms with E-state index in [1.165, 1.54) is 45.4 Å². The van der Waals surface area contributed by atoms with Gasteiger partial charge in [0.05, 0.1) is 18.8 Å². The summed E-state index contributed by atoms with van der Waals surface area (Å²) in [6.45, 7) is 8.94. The highest BCUT2D eigenvalue weighted by Crippen LogP contribution is 2.38. The summed E-state index contributed by atoms with van der Waals surface area (Å²) < 4.78 is 104. The number of carboxylic acids is 3. The van der Waals surface area contributed by atoms with Gasteiger partial charge in [0.2, 0.25) is 0 Å². The number of likely N-dealkylation sites (tertiary alicyclic amines) is 1. The molecule has 260 valence electrons. The molecule has 3 fully saturated rings. The maximum atomic E-state index is 10.6. The Morgan fingerprint density at radius 3 is 1.60 bits per heavy atom. The number of piperidine rings is 1. The van der Waals surface area contributed by atoms with Crippen molar-refractivity contribution in [2.75, 3.05) is 52.9 Å². The zero-order valence-corrected chi connectivity index (χ0v) is 24.1. The van der Waals surface area contributed by atoms with Crippen LogP contribution in [0.1, 0.15) is 25.1 Å². The zero-order valence-electron chi connectivity index (χ0n) is 24.1. The van der Waals surface area contributed by atoms with Crippen molar-refractivity contribution >= 4 is 17.9 Å². The van der Waals surface area contributed by atoms with Crippen LogP contribution in [0.15, 0.2) is 12.4 Å². The predicted octanol–water partition coefficient (Wildman–Crippen LogP) is 2.69. The molecule has 1 unspecified atom stereocenters. The third kappa shape index (κ3) is 14.2. The first kappa shape index (κ1) is 39.9. The fraction of sp³-hybridized carbons (Fsp3) is 0.750. The standard InChI is InChI=1S/C18H31N5O.3C2HF3O2/c1-20-9-11-23(12-10-20)16-13-18(24-15-16)3-6-22(7-4-18)14-17-19-5-8-21(17)2;3*3-2(4,5)1(6)7/h5,8,16H,3-4,6-7,9-15H2,1-2H3;3*(H,6,7). The van der Waals surface area contributed by atoms with Crippen molar-refractivity contribution in [2.45, 2.75) is 56.0 Å². The molecule has 21 heteroatoms. The van der Waals surface area contributed by atoms with Gasteiger partial charge in [-0.15, -0.1) is 0 Å². The van der Waals surface area contributed by atoms with Gasteiger partial charge < -0.3 is 29.5 Å². The minimum atomic E-state index is -5.08. The monoisotopic (exact) mass is 675 g/mol. The van der Waals surface area contributed by atoms with E-state index < -0.39 is 36.4 Å². The lowest BCUT2D eigenvalue weighted by atomic mass is 9.87. The number of imidazole rings is 1. The Labute approximate surface area is 250 Å². The second-order valence-electron chi connectivity index (χ2n) is 10.3. The minimum Gasteiger partial charge on any atom is -0.475 e. The Morgan fingerprint density at radius 1 is 0.822 bits per heavy atom. The maximum Gasteiger partial charge on any atom is 0.490 e. The molecule has 1 spiro atoms. The summed E-state index contributed by atoms with van der Waals surface area (Å²) in [5, 5.41) is 21.4. The Bertz CT molecular complexity index is 1040. The molecule has 0 aliphatic carbocycles. The highest BCUT2D eigenvalue weighted by Gasteiger charge is 2.45. The molecule has 3 saturated heterocycles. The van der Waals surface area contributed by atoms with Crippen molar-refractivity contribution in [1.29, 1.82) is 0 Å². The number of aromatic nitrogens is 2. The number of halogens is 9. The van der Waals surface area contributed by atoms with Gasteiger partial charge in [-0.1, -0.05) is 0 Å². The van der Waals surface area contributed by atoms with Gasteiger partial charge in [0.15, 0.2) is 0 Å². The highest BCUT2D eigenvalue weighted by atomic mass is 19.4. The minimum absolute atomic E-state index is 0.145. The van der Waals surface area contributed by atoms with Crippen molar-refractivity contribution in [1.82, 2.24) is 24.3 Å². The molecule has 1 aromatic heterocycles. The Balaban J connectivity index is 0.000000396. The number of hydrogen-bond donors (Lipinski definition) is 3. The molecule has 4 rings (SSSR count). The largest absolute Gasteiger partial charge is 0.490 e. The van der Waals surface area contributed by atoms with Gasteiger partial charge in [0.1, 0.15) is 5.82 Å². The van der Waals surface area contributed by atoms with E-state index in [2.05, 4.69) is 38.3 Å². The summed E-state index contributed by atoms with van der Waals surface area (Å²) >= 11 is 0. The van der Waals surface area contributed by atoms with E-state index in [4.69, 9.17) is 34.4 Å². The van der Waals surface area contributed by atoms with Gasteiger partial charge in [-0.3, -0.25) is 9.80 Å². The van der Waals surface area contributed by atoms with Crippen molar-refractivity contribution in [3.05, 3.63) is 18.2 Å². The van der Waals surface area contributed by atoms with E-state index in [9.17, 15) is 39.5 Å². The van der Waals surface area contributed by atoms with Crippen LogP contribution in [-0.4, -0.2) is 141 Å². The molecule has 0 radical (unpaired) electrons. The molecule has 0 amide bonds. The van der Waals surface area contributed by atoms with Crippen LogP contribution in [0, 0.1) is 0 Å². The normalized spacial score (nSPS) is 21.0. The van der Waals surface area contributed by atoms with Crippen molar-refractivity contribution in [3.63, 3.8) is 0 Å². The third-order valence-corrected chi connectivity index (χ3v) is 7.02. The average Bonchev–Trinajstić information content (AvgIpc) is 3.51. The van der Waals surface area contributed by atoms with Gasteiger partial charge in [0.25, 0.3) is 0 Å². The SMILES string of the molecule is CN1CCN(C2COC3(CCN(Cc4nccn4C)CC3)C2)CC1.O=C(O)C(F)(F)F.O=C(O)C(F)(F)F.O=C(O)C(F)(F)F. The molecule has 0 saturated carbocycles. The van der Waals surface area contributed by atoms with E-state index in [-0.39, 0.29) is 5.60 Å². The molecule has 4 heterocycles. The van der Waals surface area contributed by atoms with Crippen LogP contribution in [0.25, 0.3) is 0 Å². The number of alkyl halides is 9. The maximum absolute atomic E-state index is 10.6. The van der Waals surface area contributed by atoms with Crippen molar-refractivity contribution < 1.29 is 74.0 Å². The Hall–Kier alpha value is -3.17. The molecular formula is C24H34F9N5O7. The average molecular weight is 676 g/mol. The van der Waals surface area contributed by atoms with E-state index in [1.807, 2.05) is 12.4 Å². The van der Waals surface area contributed by atoms with Crippen LogP contribution >= 0.6 is 0 Å². The lowest BCUT2D eigenvalue weighted by Crippen LogP contribution is -2.50. The number of aliphatic carboxylic acids is 3. The van der Waals surface area contributed by atoms with Crippen molar-refractivity contribution in [3.8, 4) is 0 Å². The summed E-state index contributed by atoms with van der Waals surface area (Å²) in [6, 6.07) is 0.639. The molecule has 12 nitrogen and oxygen atoms in total. The van der Waals surface area contributed by atoms with Gasteiger partial charge in [-0.25, -0.2) is 19.4 Å². The van der Waals surface area contributed by atoms with Gasteiger partial charge >= 0.3 is 36.4 Å². The van der Waals surface area contributed by atoms with Crippen LogP contribution < -0.4 is 0 Å². The lowest BCUT2D eigenvalue weighted by molar-refractivity contribution is -0.193. The topological polar surface area (TPSA) is 149 Å². The zero-order chi connectivity index (χ0) is 34.8. The first-order valence-corrected chi connectivity index (χ1v) is 13.1. The molecule has 0 bridgehead atoms. The lowest BCUT2D eigenvalue weighted by Gasteiger charge is -2.39. The molecular weight excluding hydrogens is 641 g/mol. The Morgan fingerprint density at radius 2 is 1.24 bits per heavy atom. The number of piperazine rings is 1. The molecule has 3 aliphatic heterocycles. The van der Waals surface area contributed by atoms with Crippen LogP contribution in [0.2, 0.25) is 0 Å². The molecule has 3 N–H and O–H groups in total. The first-order valence-electron chi connectivity index (χ1n) is 13.1. The summed E-state index contributed by atoms with van der Waals surface area (Å²) in [5.41, 5.74) is 0.145. The summed E-state index contributed by atoms with van der Waals surface area (Å²) in [6.07, 6.45) is -7.76. The van der Waals surface area contributed by atoms with Crippen LogP contribution in [0.4, 0.5) is 39.5 Å². The first-order chi connectivity index (χ1) is 20.5. The van der Waals surface area contributed by atoms with Crippen LogP contribution in [-0.2, 0) is 32.7 Å². The second kappa shape index (κ2) is 16.4. The van der Waals surface area contributed by atoms with Crippen molar-refractivity contribution in [2.24, 2.45) is 7.05 Å². The van der Waals surface area contributed by atoms with E-state index in [0.29, 0.717) is 6.04 Å². The third-order valence-electron chi connectivity index (χ3n) is 7.02. The number of carboxylic acid groups (broad SMARTS) is 3. The molecule has 45 heavy (non-hydrogen) atoms. The number of ether oxygens (including phenoxy) is 1. The van der Waals surface area contributed by atoms with Gasteiger partial charge in [0, 0.05) is 64.8 Å². The number of aryl methyl sites for hydroxylation is 1. The number of hydrogen-bond acceptors (Lipinski definition) is 8. The summed E-state index contributed by atoms with van der Waals surface area (Å²) in [7, 11) is 4.30. The van der Waals surface area contributed by atoms with E-state index in [1.54, 1.807) is 0 Å². The molecule has 3 aliphatic rings. The smallest absolute Gasteiger partial charge is 0.475 e. The molecule has 1 aromatic rings. The fourth-order valence-electron chi connectivity index (χ4n) is 4.46. The highest BCUT2D eigenvalue weighted by molar-refractivity contribution is 5.73. The van der Waals surface area contributed by atoms with Crippen LogP contribution in [0.5, 0.6) is 0 Å².